The van der Waals surface area contributed by atoms with Crippen molar-refractivity contribution in [1.29, 1.82) is 0 Å². The van der Waals surface area contributed by atoms with Crippen LogP contribution in [0.15, 0.2) is 226 Å². The van der Waals surface area contributed by atoms with Crippen LogP contribution in [0.5, 0.6) is 0 Å². The third-order valence-corrected chi connectivity index (χ3v) is 16.5. The zero-order valence-corrected chi connectivity index (χ0v) is 49.9. The van der Waals surface area contributed by atoms with Crippen LogP contribution >= 0.6 is 0 Å². The van der Waals surface area contributed by atoms with Crippen LogP contribution in [0.25, 0.3) is 93.6 Å². The topological polar surface area (TPSA) is 37.7 Å². The lowest BCUT2D eigenvalue weighted by Gasteiger charge is -2.46. The molecule has 0 fully saturated rings. The van der Waals surface area contributed by atoms with Crippen molar-refractivity contribution < 1.29 is 55.4 Å². The van der Waals surface area contributed by atoms with Crippen LogP contribution in [0.3, 0.4) is 0 Å². The summed E-state index contributed by atoms with van der Waals surface area (Å²) in [5.74, 6) is 0. The quantitative estimate of drug-likeness (QED) is 0.161. The van der Waals surface area contributed by atoms with Gasteiger partial charge in [0.25, 0.3) is 6.71 Å². The Kier molecular flexibility index (Phi) is 6.26. The second kappa shape index (κ2) is 19.0. The molecule has 0 bridgehead atoms. The Morgan fingerprint density at radius 3 is 1.30 bits per heavy atom. The van der Waals surface area contributed by atoms with Crippen LogP contribution in [0.1, 0.15) is 152 Å². The largest absolute Gasteiger partial charge is 0.454 e. The van der Waals surface area contributed by atoms with Gasteiger partial charge in [0, 0.05) is 71.9 Å². The zero-order valence-electron chi connectivity index (χ0n) is 83.9. The van der Waals surface area contributed by atoms with E-state index in [1.165, 1.54) is 17.0 Å². The van der Waals surface area contributed by atoms with E-state index in [0.29, 0.717) is 0 Å². The molecule has 16 rings (SSSR count). The summed E-state index contributed by atoms with van der Waals surface area (Å²) >= 11 is 0. The number of anilines is 6. The van der Waals surface area contributed by atoms with Gasteiger partial charge in [-0.1, -0.05) is 234 Å². The van der Waals surface area contributed by atoms with Crippen LogP contribution in [-0.4, -0.2) is 11.3 Å². The maximum atomic E-state index is 11.6. The Morgan fingerprint density at radius 1 is 0.375 bits per heavy atom. The van der Waals surface area contributed by atoms with Crippen molar-refractivity contribution in [2.75, 3.05) is 9.80 Å². The highest BCUT2D eigenvalue weighted by Gasteiger charge is 2.47. The summed E-state index contributed by atoms with van der Waals surface area (Å²) in [7, 11) is 0. The van der Waals surface area contributed by atoms with Crippen molar-refractivity contribution in [2.45, 2.75) is 105 Å². The molecule has 0 spiro atoms. The van der Waals surface area contributed by atoms with E-state index < -0.39 is 340 Å². The highest BCUT2D eigenvalue weighted by molar-refractivity contribution is 7.00. The number of furan rings is 2. The van der Waals surface area contributed by atoms with E-state index in [4.69, 9.17) is 15.7 Å². The van der Waals surface area contributed by atoms with Crippen LogP contribution < -0.4 is 26.2 Å². The number of para-hydroxylation sites is 4. The molecule has 0 amide bonds. The molecule has 88 heavy (non-hydrogen) atoms. The minimum atomic E-state index is -2.00. The fraction of sp³-hybridized carbons (Fsp3) is 0.195. The van der Waals surface area contributed by atoms with Crippen LogP contribution in [-0.2, 0) is 21.7 Å². The molecule has 2 aliphatic heterocycles. The first-order valence-electron chi connectivity index (χ1n) is 45.6. The molecule has 11 aromatic carbocycles. The lowest BCUT2D eigenvalue weighted by molar-refractivity contribution is 0.590. The highest BCUT2D eigenvalue weighted by Crippen LogP contribution is 2.56. The summed E-state index contributed by atoms with van der Waals surface area (Å²) in [5.41, 5.74) is -17.4. The summed E-state index contributed by atoms with van der Waals surface area (Å²) < 4.78 is 350. The maximum Gasteiger partial charge on any atom is 0.252 e. The van der Waals surface area contributed by atoms with Gasteiger partial charge in [-0.15, -0.1) is 0 Å². The van der Waals surface area contributed by atoms with E-state index in [-0.39, 0.29) is 60.6 Å². The van der Waals surface area contributed by atoms with Crippen LogP contribution in [0, 0.1) is 0 Å². The molecular formula is C82H72BN3O2. The summed E-state index contributed by atoms with van der Waals surface area (Å²) in [6, 6.07) is -26.5. The van der Waals surface area contributed by atoms with Gasteiger partial charge in [0.2, 0.25) is 0 Å². The van der Waals surface area contributed by atoms with E-state index in [2.05, 4.69) is 0 Å². The number of nitrogens with zero attached hydrogens (tertiary/aromatic N) is 3. The van der Waals surface area contributed by atoms with Gasteiger partial charge >= 0.3 is 0 Å². The van der Waals surface area contributed by atoms with Crippen molar-refractivity contribution in [3.05, 3.63) is 240 Å². The van der Waals surface area contributed by atoms with Gasteiger partial charge in [0.15, 0.2) is 11.2 Å². The maximum absolute atomic E-state index is 11.6. The van der Waals surface area contributed by atoms with E-state index >= 15 is 0 Å². The Labute approximate surface area is 564 Å². The molecule has 5 nitrogen and oxygen atoms in total. The molecule has 2 aliphatic rings. The second-order valence-corrected chi connectivity index (χ2v) is 26.3. The zero-order chi connectivity index (χ0) is 90.1. The first-order valence-corrected chi connectivity index (χ1v) is 28.6. The number of benzene rings is 11. The standard InChI is InChI=1S/C82H72BN3O2/c1-79(2,3)51-39-42-66-63(43-51)83-62-41-40-53(84-64-35-23-19-31-54(64)55-32-20-24-36-65(55)84)46-67(62)86(76-59(50-29-17-14-18-30-50)48-61(82(10,11)12)73-57-34-22-26-38-71(57)88-78(73)76)69-45-52(80(4,5)6)44-68(74(69)83)85(66)75-58(49-27-15-13-16-28-49)47-60(81(7,8)9)72-56-33-21-25-37-70(56)87-77(72)75/h13-48H,1-12H3/i13D,14D,15D,16D,17D,18D,19D,20D,21D,22D,23D,24D,25D,26D,27D,28D,29D,30D,31D,32D,33D,34D,35D,36D,37D,38D,39D,40D,41D,42D,43D,46D,47D,48D. The normalized spacial score (nSPS) is 19.0. The highest BCUT2D eigenvalue weighted by atomic mass is 16.3. The summed E-state index contributed by atoms with van der Waals surface area (Å²) in [6.07, 6.45) is 0. The lowest BCUT2D eigenvalue weighted by Crippen LogP contribution is -2.61. The number of rotatable bonds is 5. The Balaban J connectivity index is 1.28. The molecule has 0 aliphatic carbocycles. The van der Waals surface area contributed by atoms with E-state index in [1.54, 1.807) is 83.1 Å². The molecule has 14 aromatic rings. The predicted octanol–water partition coefficient (Wildman–Crippen LogP) is 21.2. The summed E-state index contributed by atoms with van der Waals surface area (Å²) in [4.78, 5) is 2.38. The molecule has 0 radical (unpaired) electrons. The predicted molar refractivity (Wildman–Crippen MR) is 375 cm³/mol. The second-order valence-electron chi connectivity index (χ2n) is 26.3. The summed E-state index contributed by atoms with van der Waals surface area (Å²) in [5, 5.41) is -2.32. The van der Waals surface area contributed by atoms with Gasteiger partial charge in [-0.3, -0.25) is 0 Å². The van der Waals surface area contributed by atoms with Crippen molar-refractivity contribution in [3.8, 4) is 27.9 Å². The van der Waals surface area contributed by atoms with Gasteiger partial charge < -0.3 is 23.2 Å². The van der Waals surface area contributed by atoms with Gasteiger partial charge in [0.05, 0.1) is 69.0 Å². The van der Waals surface area contributed by atoms with Gasteiger partial charge in [-0.2, -0.15) is 0 Å². The third-order valence-electron chi connectivity index (χ3n) is 16.5. The molecule has 0 atom stereocenters. The molecule has 0 saturated heterocycles. The van der Waals surface area contributed by atoms with Crippen LogP contribution in [0.2, 0.25) is 0 Å². The van der Waals surface area contributed by atoms with Gasteiger partial charge in [0.1, 0.15) is 11.2 Å². The molecule has 6 heteroatoms. The minimum Gasteiger partial charge on any atom is -0.454 e. The van der Waals surface area contributed by atoms with E-state index in [0.717, 1.165) is 9.47 Å². The number of fused-ring (bicyclic) bond motifs is 13. The monoisotopic (exact) mass is 1180 g/mol. The number of aromatic nitrogens is 1. The molecule has 0 N–H and O–H groups in total. The first-order chi connectivity index (χ1) is 56.4. The van der Waals surface area contributed by atoms with Gasteiger partial charge in [-0.05, 0) is 138 Å². The Hall–Kier alpha value is -9.52. The first kappa shape index (κ1) is 29.0. The molecule has 0 unspecified atom stereocenters. The lowest BCUT2D eigenvalue weighted by atomic mass is 9.33. The Bertz CT molecular complexity index is 7180. The SMILES string of the molecule is [2H]c1c([2H])c([2H])c(-c2c([2H])c(C(C)(C)C)c3c(oc4c([2H])c([2H])c([2H])c([2H])c43)c2N2c3cc(C(C)(C)C)cc4c3B(c3c([2H])c(C(C)(C)C)c([2H])c([2H])c32)c2c([2H])c([2H])c(-n3c5c([2H])c([2H])c([2H])c([2H])c5c5c([2H])c([2H])c([2H])c([2H])c53)c([2H])c2N4c2c(-c3c([2H])c([2H])c([2H])c([2H])c3[2H])c([2H])c(C(C)(C)C)c3c2oc2c([2H])c([2H])c([2H])c([2H])c23)c([2H])c1[2H]. The molecule has 0 saturated carbocycles. The average Bonchev–Trinajstić information content (AvgIpc) is 1.10. The van der Waals surface area contributed by atoms with E-state index in [9.17, 15) is 39.8 Å². The Morgan fingerprint density at radius 2 is 0.818 bits per heavy atom. The fourth-order valence-electron chi connectivity index (χ4n) is 12.4. The number of hydrogen-bond donors (Lipinski definition) is 0. The molecule has 3 aromatic heterocycles. The minimum absolute atomic E-state index is 0.0873. The summed E-state index contributed by atoms with van der Waals surface area (Å²) in [6.45, 7) is 17.8. The van der Waals surface area contributed by atoms with Crippen molar-refractivity contribution in [2.24, 2.45) is 0 Å². The third kappa shape index (κ3) is 8.06. The average molecular weight is 1180 g/mol. The van der Waals surface area contributed by atoms with Crippen molar-refractivity contribution in [3.63, 3.8) is 0 Å². The molecule has 430 valence electrons. The smallest absolute Gasteiger partial charge is 0.252 e. The molecular weight excluding hydrogens is 1070 g/mol. The van der Waals surface area contributed by atoms with Crippen LogP contribution in [0.4, 0.5) is 34.1 Å². The van der Waals surface area contributed by atoms with Gasteiger partial charge in [-0.25, -0.2) is 0 Å². The number of hydrogen-bond acceptors (Lipinski definition) is 4. The van der Waals surface area contributed by atoms with E-state index in [1.807, 2.05) is 0 Å². The fourth-order valence-corrected chi connectivity index (χ4v) is 12.4. The van der Waals surface area contributed by atoms with Crippen molar-refractivity contribution in [1.82, 2.24) is 4.57 Å². The van der Waals surface area contributed by atoms with Crippen molar-refractivity contribution >= 4 is 123 Å². The molecule has 5 heterocycles.